The Morgan fingerprint density at radius 1 is 1.31 bits per heavy atom. The van der Waals surface area contributed by atoms with Crippen LogP contribution in [0.5, 0.6) is 0 Å². The zero-order valence-electron chi connectivity index (χ0n) is 10.3. The molecule has 0 aromatic carbocycles. The van der Waals surface area contributed by atoms with Gasteiger partial charge in [0.25, 0.3) is 0 Å². The quantitative estimate of drug-likeness (QED) is 0.424. The van der Waals surface area contributed by atoms with Crippen molar-refractivity contribution in [2.75, 3.05) is 13.1 Å². The van der Waals surface area contributed by atoms with Crippen LogP contribution in [-0.4, -0.2) is 18.2 Å². The van der Waals surface area contributed by atoms with E-state index in [4.69, 9.17) is 12.2 Å². The van der Waals surface area contributed by atoms with Crippen molar-refractivity contribution >= 4 is 17.3 Å². The van der Waals surface area contributed by atoms with Crippen molar-refractivity contribution in [2.24, 2.45) is 0 Å². The summed E-state index contributed by atoms with van der Waals surface area (Å²) >= 11 is 5.19. The zero-order chi connectivity index (χ0) is 11.6. The smallest absolute Gasteiger partial charge is 0.166 e. The van der Waals surface area contributed by atoms with Crippen molar-refractivity contribution in [1.29, 1.82) is 0 Å². The van der Waals surface area contributed by atoms with E-state index in [0.717, 1.165) is 24.6 Å². The number of allylic oxidation sites excluding steroid dienone is 1. The Bertz CT molecular complexity index is 236. The summed E-state index contributed by atoms with van der Waals surface area (Å²) in [7, 11) is 0. The molecule has 3 heteroatoms. The number of hydrogen-bond donors (Lipinski definition) is 2. The first-order chi connectivity index (χ1) is 7.83. The Hall–Kier alpha value is -0.570. The Kier molecular flexibility index (Phi) is 7.23. The molecule has 0 atom stereocenters. The lowest BCUT2D eigenvalue weighted by Gasteiger charge is -2.14. The normalized spacial score (nSPS) is 15.4. The van der Waals surface area contributed by atoms with Gasteiger partial charge in [-0.3, -0.25) is 0 Å². The van der Waals surface area contributed by atoms with Crippen LogP contribution in [0.2, 0.25) is 0 Å². The third-order valence-electron chi connectivity index (χ3n) is 2.93. The van der Waals surface area contributed by atoms with Crippen LogP contribution in [0, 0.1) is 0 Å². The number of rotatable bonds is 6. The second kappa shape index (κ2) is 8.57. The fourth-order valence-electron chi connectivity index (χ4n) is 1.91. The lowest BCUT2D eigenvalue weighted by atomic mass is 9.97. The third kappa shape index (κ3) is 6.11. The molecule has 0 saturated carbocycles. The first-order valence-corrected chi connectivity index (χ1v) is 6.93. The Balaban J connectivity index is 2.01. The standard InChI is InChI=1S/C13H24N2S/c1-2-3-10-14-13(16)15-11-9-12-7-5-4-6-8-12/h7H,2-6,8-11H2,1H3,(H2,14,15,16). The molecule has 0 aromatic heterocycles. The molecule has 2 N–H and O–H groups in total. The summed E-state index contributed by atoms with van der Waals surface area (Å²) in [5.74, 6) is 0. The van der Waals surface area contributed by atoms with Crippen molar-refractivity contribution in [2.45, 2.75) is 51.9 Å². The average Bonchev–Trinajstić information content (AvgIpc) is 2.31. The van der Waals surface area contributed by atoms with Gasteiger partial charge >= 0.3 is 0 Å². The van der Waals surface area contributed by atoms with Crippen LogP contribution < -0.4 is 10.6 Å². The molecule has 0 amide bonds. The molecule has 0 aliphatic heterocycles. The predicted molar refractivity (Wildman–Crippen MR) is 74.7 cm³/mol. The molecule has 1 aliphatic rings. The molecule has 0 bridgehead atoms. The van der Waals surface area contributed by atoms with Crippen molar-refractivity contribution in [1.82, 2.24) is 10.6 Å². The van der Waals surface area contributed by atoms with Crippen molar-refractivity contribution in [3.63, 3.8) is 0 Å². The van der Waals surface area contributed by atoms with Crippen LogP contribution in [-0.2, 0) is 0 Å². The Labute approximate surface area is 105 Å². The van der Waals surface area contributed by atoms with E-state index in [2.05, 4.69) is 23.6 Å². The summed E-state index contributed by atoms with van der Waals surface area (Å²) in [6, 6.07) is 0. The van der Waals surface area contributed by atoms with Gasteiger partial charge in [0.15, 0.2) is 5.11 Å². The SMILES string of the molecule is CCCCNC(=S)NCCC1=CCCCC1. The van der Waals surface area contributed by atoms with E-state index < -0.39 is 0 Å². The summed E-state index contributed by atoms with van der Waals surface area (Å²) < 4.78 is 0. The molecule has 0 unspecified atom stereocenters. The van der Waals surface area contributed by atoms with Gasteiger partial charge in [-0.25, -0.2) is 0 Å². The van der Waals surface area contributed by atoms with Crippen LogP contribution in [0.3, 0.4) is 0 Å². The molecule has 2 nitrogen and oxygen atoms in total. The maximum Gasteiger partial charge on any atom is 0.166 e. The molecular weight excluding hydrogens is 216 g/mol. The fourth-order valence-corrected chi connectivity index (χ4v) is 2.11. The summed E-state index contributed by atoms with van der Waals surface area (Å²) in [6.45, 7) is 4.16. The third-order valence-corrected chi connectivity index (χ3v) is 3.22. The molecule has 1 aliphatic carbocycles. The van der Waals surface area contributed by atoms with Crippen molar-refractivity contribution in [3.05, 3.63) is 11.6 Å². The molecule has 0 fully saturated rings. The summed E-state index contributed by atoms with van der Waals surface area (Å²) in [4.78, 5) is 0. The zero-order valence-corrected chi connectivity index (χ0v) is 11.2. The highest BCUT2D eigenvalue weighted by Crippen LogP contribution is 2.19. The number of hydrogen-bond acceptors (Lipinski definition) is 1. The minimum atomic E-state index is 0.810. The van der Waals surface area contributed by atoms with E-state index in [9.17, 15) is 0 Å². The second-order valence-corrected chi connectivity index (χ2v) is 4.80. The van der Waals surface area contributed by atoms with Gasteiger partial charge in [0, 0.05) is 13.1 Å². The van der Waals surface area contributed by atoms with Gasteiger partial charge in [-0.15, -0.1) is 0 Å². The fraction of sp³-hybridized carbons (Fsp3) is 0.769. The van der Waals surface area contributed by atoms with E-state index in [-0.39, 0.29) is 0 Å². The van der Waals surface area contributed by atoms with Crippen LogP contribution in [0.1, 0.15) is 51.9 Å². The van der Waals surface area contributed by atoms with Gasteiger partial charge in [-0.1, -0.05) is 25.0 Å². The molecule has 0 spiro atoms. The van der Waals surface area contributed by atoms with Crippen LogP contribution in [0.4, 0.5) is 0 Å². The second-order valence-electron chi connectivity index (χ2n) is 4.39. The first-order valence-electron chi connectivity index (χ1n) is 6.52. The molecular formula is C13H24N2S. The molecule has 92 valence electrons. The van der Waals surface area contributed by atoms with E-state index in [1.165, 1.54) is 38.5 Å². The van der Waals surface area contributed by atoms with Gasteiger partial charge in [0.2, 0.25) is 0 Å². The lowest BCUT2D eigenvalue weighted by molar-refractivity contribution is 0.665. The highest BCUT2D eigenvalue weighted by atomic mass is 32.1. The van der Waals surface area contributed by atoms with Gasteiger partial charge in [0.05, 0.1) is 0 Å². The highest BCUT2D eigenvalue weighted by Gasteiger charge is 2.03. The van der Waals surface area contributed by atoms with Gasteiger partial charge in [-0.05, 0) is 50.7 Å². The molecule has 0 heterocycles. The number of thiocarbonyl (C=S) groups is 1. The summed E-state index contributed by atoms with van der Waals surface area (Å²) in [5, 5.41) is 7.30. The minimum absolute atomic E-state index is 0.810. The van der Waals surface area contributed by atoms with Crippen molar-refractivity contribution < 1.29 is 0 Å². The maximum absolute atomic E-state index is 5.19. The van der Waals surface area contributed by atoms with E-state index in [1.54, 1.807) is 5.57 Å². The van der Waals surface area contributed by atoms with E-state index in [0.29, 0.717) is 0 Å². The average molecular weight is 240 g/mol. The highest BCUT2D eigenvalue weighted by molar-refractivity contribution is 7.80. The Morgan fingerprint density at radius 2 is 2.12 bits per heavy atom. The summed E-state index contributed by atoms with van der Waals surface area (Å²) in [6.07, 6.45) is 11.2. The topological polar surface area (TPSA) is 24.1 Å². The molecule has 0 aromatic rings. The maximum atomic E-state index is 5.19. The molecule has 1 rings (SSSR count). The lowest BCUT2D eigenvalue weighted by Crippen LogP contribution is -2.36. The van der Waals surface area contributed by atoms with Gasteiger partial charge in [-0.2, -0.15) is 0 Å². The number of unbranched alkanes of at least 4 members (excludes halogenated alkanes) is 1. The van der Waals surface area contributed by atoms with Gasteiger partial charge in [0.1, 0.15) is 0 Å². The molecule has 0 saturated heterocycles. The molecule has 0 radical (unpaired) electrons. The van der Waals surface area contributed by atoms with E-state index in [1.807, 2.05) is 0 Å². The predicted octanol–water partition coefficient (Wildman–Crippen LogP) is 3.14. The largest absolute Gasteiger partial charge is 0.363 e. The Morgan fingerprint density at radius 3 is 2.81 bits per heavy atom. The van der Waals surface area contributed by atoms with Crippen LogP contribution >= 0.6 is 12.2 Å². The van der Waals surface area contributed by atoms with Crippen LogP contribution in [0.25, 0.3) is 0 Å². The summed E-state index contributed by atoms with van der Waals surface area (Å²) in [5.41, 5.74) is 1.61. The number of nitrogens with one attached hydrogen (secondary N) is 2. The molecule has 16 heavy (non-hydrogen) atoms. The minimum Gasteiger partial charge on any atom is -0.363 e. The monoisotopic (exact) mass is 240 g/mol. The van der Waals surface area contributed by atoms with E-state index >= 15 is 0 Å². The first kappa shape index (κ1) is 13.5. The van der Waals surface area contributed by atoms with Crippen LogP contribution in [0.15, 0.2) is 11.6 Å². The van der Waals surface area contributed by atoms with Gasteiger partial charge < -0.3 is 10.6 Å². The van der Waals surface area contributed by atoms with Crippen molar-refractivity contribution in [3.8, 4) is 0 Å².